The van der Waals surface area contributed by atoms with E-state index in [1.54, 1.807) is 19.1 Å². The number of carbonyl (C=O) groups excluding carboxylic acids is 3. The molecule has 8 heteroatoms. The molecule has 0 aromatic heterocycles. The zero-order valence-corrected chi connectivity index (χ0v) is 18.7. The summed E-state index contributed by atoms with van der Waals surface area (Å²) in [5.74, 6) is 0.399. The van der Waals surface area contributed by atoms with Gasteiger partial charge in [0.2, 0.25) is 12.7 Å². The van der Waals surface area contributed by atoms with Gasteiger partial charge in [0, 0.05) is 6.54 Å². The summed E-state index contributed by atoms with van der Waals surface area (Å²) in [5, 5.41) is 5.48. The number of hydrogen-bond acceptors (Lipinski definition) is 5. The van der Waals surface area contributed by atoms with Crippen molar-refractivity contribution in [1.82, 2.24) is 15.5 Å². The molecule has 1 fully saturated rings. The second kappa shape index (κ2) is 7.85. The molecule has 8 nitrogen and oxygen atoms in total. The summed E-state index contributed by atoms with van der Waals surface area (Å²) in [4.78, 5) is 39.0. The Labute approximate surface area is 186 Å². The number of ether oxygens (including phenoxy) is 2. The lowest BCUT2D eigenvalue weighted by molar-refractivity contribution is -0.134. The Bertz CT molecular complexity index is 1070. The molecule has 0 radical (unpaired) electrons. The van der Waals surface area contributed by atoms with Crippen molar-refractivity contribution in [3.8, 4) is 11.5 Å². The maximum absolute atomic E-state index is 13.1. The van der Waals surface area contributed by atoms with Crippen molar-refractivity contribution in [2.24, 2.45) is 0 Å². The first-order chi connectivity index (χ1) is 15.1. The summed E-state index contributed by atoms with van der Waals surface area (Å²) in [6.45, 7) is 8.04. The fourth-order valence-electron chi connectivity index (χ4n) is 3.79. The van der Waals surface area contributed by atoms with Gasteiger partial charge >= 0.3 is 6.03 Å². The van der Waals surface area contributed by atoms with Crippen molar-refractivity contribution in [2.45, 2.75) is 45.2 Å². The minimum absolute atomic E-state index is 0.0233. The van der Waals surface area contributed by atoms with Crippen LogP contribution in [0.3, 0.4) is 0 Å². The third-order valence-electron chi connectivity index (χ3n) is 5.83. The van der Waals surface area contributed by atoms with Crippen LogP contribution in [0.2, 0.25) is 0 Å². The number of amides is 4. The van der Waals surface area contributed by atoms with E-state index >= 15 is 0 Å². The number of fused-ring (bicyclic) bond motifs is 1. The van der Waals surface area contributed by atoms with Crippen LogP contribution < -0.4 is 20.1 Å². The third-order valence-corrected chi connectivity index (χ3v) is 5.83. The lowest BCUT2D eigenvalue weighted by Crippen LogP contribution is -2.43. The summed E-state index contributed by atoms with van der Waals surface area (Å²) in [6, 6.07) is 12.4. The Morgan fingerprint density at radius 2 is 1.78 bits per heavy atom. The predicted molar refractivity (Wildman–Crippen MR) is 117 cm³/mol. The van der Waals surface area contributed by atoms with Crippen molar-refractivity contribution in [1.29, 1.82) is 0 Å². The highest BCUT2D eigenvalue weighted by Gasteiger charge is 2.49. The Balaban J connectivity index is 1.40. The molecule has 0 saturated carbocycles. The van der Waals surface area contributed by atoms with Gasteiger partial charge in [-0.25, -0.2) is 4.79 Å². The first kappa shape index (κ1) is 21.7. The van der Waals surface area contributed by atoms with Crippen molar-refractivity contribution in [3.63, 3.8) is 0 Å². The van der Waals surface area contributed by atoms with Gasteiger partial charge < -0.3 is 20.1 Å². The van der Waals surface area contributed by atoms with Gasteiger partial charge in [-0.1, -0.05) is 51.1 Å². The molecule has 2 aliphatic heterocycles. The number of urea groups is 1. The van der Waals surface area contributed by atoms with Crippen LogP contribution in [-0.4, -0.2) is 36.1 Å². The Morgan fingerprint density at radius 3 is 2.47 bits per heavy atom. The SMILES string of the molecule is CC(C)(C)c1ccc(C2(C)NC(=O)N(CC(=O)NCc3ccc4c(c3)OCO4)C2=O)cc1. The molecule has 168 valence electrons. The average Bonchev–Trinajstić information content (AvgIpc) is 3.30. The first-order valence-electron chi connectivity index (χ1n) is 10.5. The number of hydrogen-bond donors (Lipinski definition) is 2. The maximum Gasteiger partial charge on any atom is 0.325 e. The van der Waals surface area contributed by atoms with Gasteiger partial charge in [0.25, 0.3) is 5.91 Å². The second-order valence-electron chi connectivity index (χ2n) is 9.24. The van der Waals surface area contributed by atoms with Crippen molar-refractivity contribution < 1.29 is 23.9 Å². The topological polar surface area (TPSA) is 97.0 Å². The number of rotatable bonds is 5. The molecule has 1 saturated heterocycles. The van der Waals surface area contributed by atoms with Crippen LogP contribution in [0.4, 0.5) is 4.79 Å². The van der Waals surface area contributed by atoms with E-state index in [0.717, 1.165) is 16.0 Å². The molecule has 2 heterocycles. The average molecular weight is 437 g/mol. The van der Waals surface area contributed by atoms with Crippen molar-refractivity contribution >= 4 is 17.8 Å². The van der Waals surface area contributed by atoms with Crippen LogP contribution in [-0.2, 0) is 27.1 Å². The van der Waals surface area contributed by atoms with E-state index in [9.17, 15) is 14.4 Å². The molecule has 0 aliphatic carbocycles. The molecule has 4 rings (SSSR count). The van der Waals surface area contributed by atoms with Crippen LogP contribution >= 0.6 is 0 Å². The summed E-state index contributed by atoms with van der Waals surface area (Å²) in [6.07, 6.45) is 0. The van der Waals surface area contributed by atoms with Crippen molar-refractivity contribution in [2.75, 3.05) is 13.3 Å². The van der Waals surface area contributed by atoms with Gasteiger partial charge in [-0.3, -0.25) is 14.5 Å². The molecule has 1 unspecified atom stereocenters. The molecule has 4 amide bonds. The lowest BCUT2D eigenvalue weighted by Gasteiger charge is -2.24. The molecular weight excluding hydrogens is 410 g/mol. The van der Waals surface area contributed by atoms with E-state index in [-0.39, 0.29) is 25.3 Å². The van der Waals surface area contributed by atoms with E-state index in [1.807, 2.05) is 30.3 Å². The maximum atomic E-state index is 13.1. The summed E-state index contributed by atoms with van der Waals surface area (Å²) in [5.41, 5.74) is 1.38. The normalized spacial score (nSPS) is 19.8. The molecule has 1 atom stereocenters. The van der Waals surface area contributed by atoms with Crippen LogP contribution in [0.1, 0.15) is 44.4 Å². The monoisotopic (exact) mass is 437 g/mol. The van der Waals surface area contributed by atoms with E-state index in [4.69, 9.17) is 9.47 Å². The van der Waals surface area contributed by atoms with Crippen LogP contribution in [0.5, 0.6) is 11.5 Å². The van der Waals surface area contributed by atoms with Gasteiger partial charge in [-0.05, 0) is 41.2 Å². The second-order valence-corrected chi connectivity index (χ2v) is 9.24. The zero-order valence-electron chi connectivity index (χ0n) is 18.7. The van der Waals surface area contributed by atoms with E-state index in [2.05, 4.69) is 31.4 Å². The lowest BCUT2D eigenvalue weighted by atomic mass is 9.84. The van der Waals surface area contributed by atoms with Gasteiger partial charge in [0.15, 0.2) is 11.5 Å². The molecule has 0 bridgehead atoms. The molecule has 2 N–H and O–H groups in total. The Hall–Kier alpha value is -3.55. The smallest absolute Gasteiger partial charge is 0.325 e. The standard InChI is InChI=1S/C24H27N3O5/c1-23(2,3)16-6-8-17(9-7-16)24(4)21(29)27(22(30)26-24)13-20(28)25-12-15-5-10-18-19(11-15)32-14-31-18/h5-11H,12-14H2,1-4H3,(H,25,28)(H,26,30). The summed E-state index contributed by atoms with van der Waals surface area (Å²) in [7, 11) is 0. The minimum atomic E-state index is -1.22. The third kappa shape index (κ3) is 4.00. The van der Waals surface area contributed by atoms with Crippen molar-refractivity contribution in [3.05, 3.63) is 59.2 Å². The summed E-state index contributed by atoms with van der Waals surface area (Å²) < 4.78 is 10.6. The highest BCUT2D eigenvalue weighted by Crippen LogP contribution is 2.33. The van der Waals surface area contributed by atoms with Crippen LogP contribution in [0, 0.1) is 0 Å². The van der Waals surface area contributed by atoms with Crippen LogP contribution in [0.15, 0.2) is 42.5 Å². The highest BCUT2D eigenvalue weighted by molar-refractivity contribution is 6.09. The van der Waals surface area contributed by atoms with Gasteiger partial charge in [-0.2, -0.15) is 0 Å². The van der Waals surface area contributed by atoms with Gasteiger partial charge in [0.05, 0.1) is 0 Å². The molecule has 0 spiro atoms. The predicted octanol–water partition coefficient (Wildman–Crippen LogP) is 2.80. The molecule has 2 aromatic rings. The first-order valence-corrected chi connectivity index (χ1v) is 10.5. The number of carbonyl (C=O) groups is 3. The van der Waals surface area contributed by atoms with E-state index < -0.39 is 23.4 Å². The number of benzene rings is 2. The van der Waals surface area contributed by atoms with E-state index in [1.165, 1.54) is 0 Å². The largest absolute Gasteiger partial charge is 0.454 e. The van der Waals surface area contributed by atoms with Gasteiger partial charge in [-0.15, -0.1) is 0 Å². The number of imide groups is 1. The number of nitrogens with one attached hydrogen (secondary N) is 2. The zero-order chi connectivity index (χ0) is 23.1. The molecule has 2 aromatic carbocycles. The van der Waals surface area contributed by atoms with E-state index in [0.29, 0.717) is 17.1 Å². The Kier molecular flexibility index (Phi) is 5.32. The Morgan fingerprint density at radius 1 is 1.09 bits per heavy atom. The molecule has 2 aliphatic rings. The fraction of sp³-hybridized carbons (Fsp3) is 0.375. The highest BCUT2D eigenvalue weighted by atomic mass is 16.7. The fourth-order valence-corrected chi connectivity index (χ4v) is 3.79. The minimum Gasteiger partial charge on any atom is -0.454 e. The quantitative estimate of drug-likeness (QED) is 0.701. The molecular formula is C24H27N3O5. The number of nitrogens with zero attached hydrogens (tertiary/aromatic N) is 1. The van der Waals surface area contributed by atoms with Gasteiger partial charge in [0.1, 0.15) is 12.1 Å². The van der Waals surface area contributed by atoms with Crippen LogP contribution in [0.25, 0.3) is 0 Å². The summed E-state index contributed by atoms with van der Waals surface area (Å²) >= 11 is 0. The molecule has 32 heavy (non-hydrogen) atoms.